The van der Waals surface area contributed by atoms with Crippen molar-refractivity contribution in [2.45, 2.75) is 105 Å². The van der Waals surface area contributed by atoms with E-state index in [9.17, 15) is 0 Å². The zero-order valence-electron chi connectivity index (χ0n) is 17.6. The van der Waals surface area contributed by atoms with Crippen LogP contribution in [0.4, 0.5) is 0 Å². The first-order chi connectivity index (χ1) is 12.1. The maximum atomic E-state index is 2.70. The average molecular weight is 345 g/mol. The maximum absolute atomic E-state index is 2.70. The van der Waals surface area contributed by atoms with Gasteiger partial charge in [-0.25, -0.2) is 0 Å². The molecule has 0 aliphatic heterocycles. The Balaban J connectivity index is 1.57. The van der Waals surface area contributed by atoms with Gasteiger partial charge in [-0.2, -0.15) is 0 Å². The Bertz CT molecular complexity index is 431. The van der Waals surface area contributed by atoms with Gasteiger partial charge in [-0.15, -0.1) is 0 Å². The molecule has 144 valence electrons. The van der Waals surface area contributed by atoms with E-state index in [0.717, 1.165) is 41.4 Å². The molecule has 0 heteroatoms. The number of rotatable bonds is 7. The van der Waals surface area contributed by atoms with Crippen LogP contribution in [0.2, 0.25) is 0 Å². The van der Waals surface area contributed by atoms with Crippen LogP contribution in [0.1, 0.15) is 105 Å². The fraction of sp³-hybridized carbons (Fsp3) is 0.920. The van der Waals surface area contributed by atoms with Crippen LogP contribution in [0.15, 0.2) is 11.6 Å². The third kappa shape index (κ3) is 4.72. The third-order valence-electron chi connectivity index (χ3n) is 8.24. The minimum absolute atomic E-state index is 0.879. The summed E-state index contributed by atoms with van der Waals surface area (Å²) in [4.78, 5) is 0. The molecule has 2 fully saturated rings. The maximum Gasteiger partial charge on any atom is -0.0200 e. The molecule has 0 amide bonds. The van der Waals surface area contributed by atoms with Crippen LogP contribution in [-0.2, 0) is 0 Å². The SMILES string of the molecule is CCC1[C@H](C2CC=C3CCCCC3C2)CC[C@@H]1[C@H](C)CCCC(C)C. The van der Waals surface area contributed by atoms with Crippen LogP contribution in [0, 0.1) is 41.4 Å². The van der Waals surface area contributed by atoms with Gasteiger partial charge in [0.1, 0.15) is 0 Å². The summed E-state index contributed by atoms with van der Waals surface area (Å²) in [5.74, 6) is 6.93. The van der Waals surface area contributed by atoms with Crippen LogP contribution in [-0.4, -0.2) is 0 Å². The highest BCUT2D eigenvalue weighted by atomic mass is 14.5. The predicted octanol–water partition coefficient (Wildman–Crippen LogP) is 8.03. The zero-order valence-corrected chi connectivity index (χ0v) is 17.6. The van der Waals surface area contributed by atoms with E-state index in [2.05, 4.69) is 33.8 Å². The third-order valence-corrected chi connectivity index (χ3v) is 8.24. The van der Waals surface area contributed by atoms with Gasteiger partial charge in [-0.05, 0) is 86.4 Å². The molecule has 0 heterocycles. The molecule has 0 spiro atoms. The molecule has 0 radical (unpaired) electrons. The molecule has 0 aromatic carbocycles. The van der Waals surface area contributed by atoms with Crippen molar-refractivity contribution < 1.29 is 0 Å². The topological polar surface area (TPSA) is 0 Å². The standard InChI is InChI=1S/C25H44/c1-5-23-24(19(4)10-8-9-18(2)3)15-16-25(23)22-14-13-20-11-6-7-12-21(20)17-22/h13,18-19,21-25H,5-12,14-17H2,1-4H3/t19-,21?,22?,23?,24-,25+/m1/s1. The van der Waals surface area contributed by atoms with Gasteiger partial charge in [0.05, 0.1) is 0 Å². The van der Waals surface area contributed by atoms with Crippen molar-refractivity contribution in [1.82, 2.24) is 0 Å². The van der Waals surface area contributed by atoms with Gasteiger partial charge in [0.2, 0.25) is 0 Å². The summed E-state index contributed by atoms with van der Waals surface area (Å²) < 4.78 is 0. The fourth-order valence-electron chi connectivity index (χ4n) is 6.85. The molecule has 3 unspecified atom stereocenters. The molecule has 2 saturated carbocycles. The molecule has 0 N–H and O–H groups in total. The quantitative estimate of drug-likeness (QED) is 0.410. The molecule has 0 saturated heterocycles. The second-order valence-electron chi connectivity index (χ2n) is 10.2. The molecular formula is C25H44. The lowest BCUT2D eigenvalue weighted by atomic mass is 9.67. The minimum Gasteiger partial charge on any atom is -0.0848 e. The summed E-state index contributed by atoms with van der Waals surface area (Å²) >= 11 is 0. The van der Waals surface area contributed by atoms with Crippen LogP contribution in [0.25, 0.3) is 0 Å². The van der Waals surface area contributed by atoms with E-state index < -0.39 is 0 Å². The van der Waals surface area contributed by atoms with Crippen LogP contribution in [0.5, 0.6) is 0 Å². The lowest BCUT2D eigenvalue weighted by Crippen LogP contribution is -2.29. The monoisotopic (exact) mass is 344 g/mol. The van der Waals surface area contributed by atoms with E-state index in [1.807, 2.05) is 5.57 Å². The first-order valence-corrected chi connectivity index (χ1v) is 11.8. The minimum atomic E-state index is 0.879. The van der Waals surface area contributed by atoms with E-state index in [1.54, 1.807) is 6.42 Å². The van der Waals surface area contributed by atoms with Crippen LogP contribution < -0.4 is 0 Å². The highest BCUT2D eigenvalue weighted by Gasteiger charge is 2.42. The van der Waals surface area contributed by atoms with Gasteiger partial charge in [0.15, 0.2) is 0 Å². The Labute approximate surface area is 158 Å². The summed E-state index contributed by atoms with van der Waals surface area (Å²) in [5.41, 5.74) is 1.85. The summed E-state index contributed by atoms with van der Waals surface area (Å²) in [6.07, 6.45) is 20.4. The Kier molecular flexibility index (Phi) is 7.09. The molecule has 0 nitrogen and oxygen atoms in total. The normalized spacial score (nSPS) is 37.0. The molecule has 0 aromatic rings. The van der Waals surface area contributed by atoms with Crippen molar-refractivity contribution in [2.24, 2.45) is 41.4 Å². The Morgan fingerprint density at radius 3 is 2.64 bits per heavy atom. The first kappa shape index (κ1) is 19.5. The summed E-state index contributed by atoms with van der Waals surface area (Å²) in [7, 11) is 0. The van der Waals surface area contributed by atoms with E-state index in [4.69, 9.17) is 0 Å². The first-order valence-electron chi connectivity index (χ1n) is 11.8. The number of allylic oxidation sites excluding steroid dienone is 2. The molecule has 3 aliphatic rings. The zero-order chi connectivity index (χ0) is 17.8. The molecule has 25 heavy (non-hydrogen) atoms. The Morgan fingerprint density at radius 2 is 1.88 bits per heavy atom. The highest BCUT2D eigenvalue weighted by Crippen LogP contribution is 2.52. The van der Waals surface area contributed by atoms with Crippen molar-refractivity contribution in [3.63, 3.8) is 0 Å². The van der Waals surface area contributed by atoms with Crippen molar-refractivity contribution >= 4 is 0 Å². The highest BCUT2D eigenvalue weighted by molar-refractivity contribution is 5.14. The molecule has 0 bridgehead atoms. The Hall–Kier alpha value is -0.260. The van der Waals surface area contributed by atoms with Gasteiger partial charge in [0, 0.05) is 0 Å². The second-order valence-corrected chi connectivity index (χ2v) is 10.2. The molecule has 6 atom stereocenters. The Morgan fingerprint density at radius 1 is 1.04 bits per heavy atom. The smallest absolute Gasteiger partial charge is 0.0200 e. The lowest BCUT2D eigenvalue weighted by molar-refractivity contribution is 0.155. The van der Waals surface area contributed by atoms with Gasteiger partial charge in [-0.3, -0.25) is 0 Å². The second kappa shape index (κ2) is 9.09. The van der Waals surface area contributed by atoms with Gasteiger partial charge >= 0.3 is 0 Å². The molecule has 3 rings (SSSR count). The van der Waals surface area contributed by atoms with Crippen molar-refractivity contribution in [3.05, 3.63) is 11.6 Å². The van der Waals surface area contributed by atoms with Crippen molar-refractivity contribution in [2.75, 3.05) is 0 Å². The molecule has 3 aliphatic carbocycles. The van der Waals surface area contributed by atoms with E-state index in [0.29, 0.717) is 0 Å². The van der Waals surface area contributed by atoms with Gasteiger partial charge in [0.25, 0.3) is 0 Å². The predicted molar refractivity (Wildman–Crippen MR) is 111 cm³/mol. The lowest BCUT2D eigenvalue weighted by Gasteiger charge is -2.39. The van der Waals surface area contributed by atoms with E-state index in [1.165, 1.54) is 70.6 Å². The van der Waals surface area contributed by atoms with Crippen LogP contribution >= 0.6 is 0 Å². The number of hydrogen-bond donors (Lipinski definition) is 0. The summed E-state index contributed by atoms with van der Waals surface area (Å²) in [6.45, 7) is 9.82. The number of hydrogen-bond acceptors (Lipinski definition) is 0. The van der Waals surface area contributed by atoms with E-state index in [-0.39, 0.29) is 0 Å². The number of fused-ring (bicyclic) bond motifs is 1. The summed E-state index contributed by atoms with van der Waals surface area (Å²) in [5, 5.41) is 0. The average Bonchev–Trinajstić information content (AvgIpc) is 3.05. The van der Waals surface area contributed by atoms with Crippen molar-refractivity contribution in [1.29, 1.82) is 0 Å². The van der Waals surface area contributed by atoms with Gasteiger partial charge in [-0.1, -0.05) is 71.4 Å². The molecular weight excluding hydrogens is 300 g/mol. The fourth-order valence-corrected chi connectivity index (χ4v) is 6.85. The van der Waals surface area contributed by atoms with E-state index >= 15 is 0 Å². The summed E-state index contributed by atoms with van der Waals surface area (Å²) in [6, 6.07) is 0. The van der Waals surface area contributed by atoms with Gasteiger partial charge < -0.3 is 0 Å². The molecule has 0 aromatic heterocycles. The van der Waals surface area contributed by atoms with Crippen LogP contribution in [0.3, 0.4) is 0 Å². The van der Waals surface area contributed by atoms with Crippen molar-refractivity contribution in [3.8, 4) is 0 Å². The largest absolute Gasteiger partial charge is 0.0848 e.